The van der Waals surface area contributed by atoms with Crippen LogP contribution in [0.2, 0.25) is 0 Å². The van der Waals surface area contributed by atoms with Crippen molar-refractivity contribution < 1.29 is 9.59 Å². The molecule has 0 radical (unpaired) electrons. The number of Topliss-reactive ketones (excluding diaryl/α,β-unsaturated/α-hetero) is 1. The summed E-state index contributed by atoms with van der Waals surface area (Å²) in [6.45, 7) is 8.99. The van der Waals surface area contributed by atoms with E-state index < -0.39 is 0 Å². The Balaban J connectivity index is 1.69. The first-order valence-electron chi connectivity index (χ1n) is 10.6. The van der Waals surface area contributed by atoms with E-state index in [2.05, 4.69) is 20.8 Å². The fourth-order valence-corrected chi connectivity index (χ4v) is 7.94. The van der Waals surface area contributed by atoms with Crippen LogP contribution in [0.25, 0.3) is 0 Å². The number of rotatable bonds is 2. The zero-order chi connectivity index (χ0) is 18.0. The van der Waals surface area contributed by atoms with Crippen LogP contribution in [0.3, 0.4) is 0 Å². The second-order valence-corrected chi connectivity index (χ2v) is 10.0. The third kappa shape index (κ3) is 2.35. The van der Waals surface area contributed by atoms with Crippen LogP contribution in [0.4, 0.5) is 0 Å². The number of fused-ring (bicyclic) bond motifs is 5. The van der Waals surface area contributed by atoms with Crippen LogP contribution in [-0.2, 0) is 9.59 Å². The average molecular weight is 343 g/mol. The van der Waals surface area contributed by atoms with Crippen molar-refractivity contribution in [2.24, 2.45) is 40.4 Å². The standard InChI is InChI=1S/C23H34O2/c1-5-15-12-20-18-7-6-16-13-17(25)8-10-22(16,3)19(18)9-11-23(20,4)21(15)14(2)24/h13,15,18-21H,5-12H2,1-4H3/t15-,18-,19+,20-,21-,22+,23+/m1/s1. The minimum atomic E-state index is 0.218. The summed E-state index contributed by atoms with van der Waals surface area (Å²) >= 11 is 0. The molecule has 0 heterocycles. The Hall–Kier alpha value is -0.920. The van der Waals surface area contributed by atoms with Crippen LogP contribution in [-0.4, -0.2) is 11.6 Å². The molecule has 3 fully saturated rings. The van der Waals surface area contributed by atoms with E-state index in [1.807, 2.05) is 13.0 Å². The lowest BCUT2D eigenvalue weighted by Gasteiger charge is -2.58. The lowest BCUT2D eigenvalue weighted by Crippen LogP contribution is -2.51. The van der Waals surface area contributed by atoms with Crippen molar-refractivity contribution >= 4 is 11.6 Å². The molecule has 4 aliphatic carbocycles. The maximum absolute atomic E-state index is 12.5. The maximum Gasteiger partial charge on any atom is 0.155 e. The topological polar surface area (TPSA) is 34.1 Å². The fourth-order valence-electron chi connectivity index (χ4n) is 7.94. The van der Waals surface area contributed by atoms with E-state index in [1.165, 1.54) is 31.3 Å². The monoisotopic (exact) mass is 342 g/mol. The summed E-state index contributed by atoms with van der Waals surface area (Å²) in [5, 5.41) is 0. The zero-order valence-corrected chi connectivity index (χ0v) is 16.4. The number of hydrogen-bond acceptors (Lipinski definition) is 2. The minimum Gasteiger partial charge on any atom is -0.300 e. The van der Waals surface area contributed by atoms with Gasteiger partial charge >= 0.3 is 0 Å². The number of hydrogen-bond donors (Lipinski definition) is 0. The van der Waals surface area contributed by atoms with E-state index in [9.17, 15) is 9.59 Å². The molecular weight excluding hydrogens is 308 g/mol. The van der Waals surface area contributed by atoms with Gasteiger partial charge in [0.05, 0.1) is 0 Å². The van der Waals surface area contributed by atoms with Gasteiger partial charge in [0, 0.05) is 12.3 Å². The summed E-state index contributed by atoms with van der Waals surface area (Å²) in [5.74, 6) is 3.83. The summed E-state index contributed by atoms with van der Waals surface area (Å²) in [6, 6.07) is 0. The number of ketones is 2. The molecule has 0 aromatic heterocycles. The van der Waals surface area contributed by atoms with E-state index >= 15 is 0 Å². The summed E-state index contributed by atoms with van der Waals surface area (Å²) < 4.78 is 0. The van der Waals surface area contributed by atoms with Gasteiger partial charge in [-0.1, -0.05) is 32.8 Å². The van der Waals surface area contributed by atoms with Crippen molar-refractivity contribution in [1.29, 1.82) is 0 Å². The Morgan fingerprint density at radius 2 is 1.92 bits per heavy atom. The molecular formula is C23H34O2. The smallest absolute Gasteiger partial charge is 0.155 e. The largest absolute Gasteiger partial charge is 0.300 e. The van der Waals surface area contributed by atoms with Crippen LogP contribution < -0.4 is 0 Å². The first kappa shape index (κ1) is 17.5. The second kappa shape index (κ2) is 5.79. The fraction of sp³-hybridized carbons (Fsp3) is 0.826. The van der Waals surface area contributed by atoms with Gasteiger partial charge in [-0.05, 0) is 86.0 Å². The highest BCUT2D eigenvalue weighted by Gasteiger charge is 2.61. The number of allylic oxidation sites excluding steroid dienone is 1. The molecule has 0 aromatic carbocycles. The third-order valence-electron chi connectivity index (χ3n) is 9.10. The van der Waals surface area contributed by atoms with Gasteiger partial charge in [-0.2, -0.15) is 0 Å². The van der Waals surface area contributed by atoms with Crippen molar-refractivity contribution in [2.45, 2.75) is 79.1 Å². The van der Waals surface area contributed by atoms with Crippen molar-refractivity contribution in [3.63, 3.8) is 0 Å². The molecule has 0 amide bonds. The molecule has 2 nitrogen and oxygen atoms in total. The SMILES string of the molecule is CC[C@@H]1C[C@@H]2[C@@H]3CCC4=CC(=O)CC[C@]4(C)[C@H]3CC[C@]2(C)[C@@H]1C(C)=O. The zero-order valence-electron chi connectivity index (χ0n) is 16.4. The average Bonchev–Trinajstić information content (AvgIpc) is 2.88. The quantitative estimate of drug-likeness (QED) is 0.677. The van der Waals surface area contributed by atoms with Crippen LogP contribution in [0, 0.1) is 40.4 Å². The van der Waals surface area contributed by atoms with Crippen LogP contribution >= 0.6 is 0 Å². The Bertz CT molecular complexity index is 632. The highest BCUT2D eigenvalue weighted by molar-refractivity contribution is 5.91. The highest BCUT2D eigenvalue weighted by Crippen LogP contribution is 2.68. The van der Waals surface area contributed by atoms with Gasteiger partial charge in [0.1, 0.15) is 5.78 Å². The van der Waals surface area contributed by atoms with Crippen molar-refractivity contribution in [3.05, 3.63) is 11.6 Å². The molecule has 0 saturated heterocycles. The molecule has 2 heteroatoms. The van der Waals surface area contributed by atoms with Gasteiger partial charge < -0.3 is 0 Å². The first-order chi connectivity index (χ1) is 11.8. The Morgan fingerprint density at radius 3 is 2.60 bits per heavy atom. The lowest BCUT2D eigenvalue weighted by molar-refractivity contribution is -0.130. The molecule has 0 bridgehead atoms. The van der Waals surface area contributed by atoms with Crippen molar-refractivity contribution in [1.82, 2.24) is 0 Å². The number of carbonyl (C=O) groups is 2. The number of carbonyl (C=O) groups excluding carboxylic acids is 2. The van der Waals surface area contributed by atoms with E-state index in [0.717, 1.165) is 37.5 Å². The summed E-state index contributed by atoms with van der Waals surface area (Å²) in [7, 11) is 0. The van der Waals surface area contributed by atoms with Gasteiger partial charge in [0.25, 0.3) is 0 Å². The van der Waals surface area contributed by atoms with Crippen molar-refractivity contribution in [2.75, 3.05) is 0 Å². The van der Waals surface area contributed by atoms with E-state index in [-0.39, 0.29) is 16.7 Å². The van der Waals surface area contributed by atoms with E-state index in [0.29, 0.717) is 23.4 Å². The molecule has 0 unspecified atom stereocenters. The molecule has 7 atom stereocenters. The summed E-state index contributed by atoms with van der Waals surface area (Å²) in [6.07, 6.45) is 11.0. The van der Waals surface area contributed by atoms with Crippen LogP contribution in [0.5, 0.6) is 0 Å². The van der Waals surface area contributed by atoms with E-state index in [4.69, 9.17) is 0 Å². The third-order valence-corrected chi connectivity index (χ3v) is 9.10. The maximum atomic E-state index is 12.5. The van der Waals surface area contributed by atoms with E-state index in [1.54, 1.807) is 0 Å². The molecule has 25 heavy (non-hydrogen) atoms. The van der Waals surface area contributed by atoms with Gasteiger partial charge in [-0.25, -0.2) is 0 Å². The Morgan fingerprint density at radius 1 is 1.16 bits per heavy atom. The predicted molar refractivity (Wildman–Crippen MR) is 100 cm³/mol. The minimum absolute atomic E-state index is 0.218. The summed E-state index contributed by atoms with van der Waals surface area (Å²) in [4.78, 5) is 24.5. The molecule has 0 aromatic rings. The van der Waals surface area contributed by atoms with Crippen molar-refractivity contribution in [3.8, 4) is 0 Å². The normalized spacial score (nSPS) is 49.0. The van der Waals surface area contributed by atoms with Gasteiger partial charge in [-0.3, -0.25) is 9.59 Å². The Kier molecular flexibility index (Phi) is 4.05. The molecule has 0 aliphatic heterocycles. The van der Waals surface area contributed by atoms with Gasteiger partial charge in [-0.15, -0.1) is 0 Å². The summed E-state index contributed by atoms with van der Waals surface area (Å²) in [5.41, 5.74) is 1.91. The molecule has 0 spiro atoms. The van der Waals surface area contributed by atoms with Gasteiger partial charge in [0.2, 0.25) is 0 Å². The molecule has 4 rings (SSSR count). The Labute approximate surface area is 152 Å². The second-order valence-electron chi connectivity index (χ2n) is 10.0. The first-order valence-corrected chi connectivity index (χ1v) is 10.6. The lowest BCUT2D eigenvalue weighted by atomic mass is 9.46. The molecule has 4 aliphatic rings. The predicted octanol–water partition coefficient (Wildman–Crippen LogP) is 5.36. The molecule has 138 valence electrons. The molecule has 3 saturated carbocycles. The van der Waals surface area contributed by atoms with Crippen LogP contribution in [0.1, 0.15) is 79.1 Å². The van der Waals surface area contributed by atoms with Gasteiger partial charge in [0.15, 0.2) is 5.78 Å². The van der Waals surface area contributed by atoms with Crippen LogP contribution in [0.15, 0.2) is 11.6 Å². The highest BCUT2D eigenvalue weighted by atomic mass is 16.1. The molecule has 0 N–H and O–H groups in total.